The SMILES string of the molecule is COCCCn1c(S(C)=O)nc(-c2ccc(F)cc2)c1-c1ccnc(NC(C)=O)c1. The summed E-state index contributed by atoms with van der Waals surface area (Å²) in [6, 6.07) is 9.53. The van der Waals surface area contributed by atoms with Gasteiger partial charge in [-0.15, -0.1) is 0 Å². The third-order valence-corrected chi connectivity index (χ3v) is 5.20. The van der Waals surface area contributed by atoms with Crippen LogP contribution in [-0.2, 0) is 26.9 Å². The number of carbonyl (C=O) groups excluding carboxylic acids is 1. The molecule has 0 bridgehead atoms. The van der Waals surface area contributed by atoms with Crippen LogP contribution in [-0.4, -0.2) is 44.6 Å². The van der Waals surface area contributed by atoms with E-state index in [9.17, 15) is 13.4 Å². The van der Waals surface area contributed by atoms with Gasteiger partial charge in [0.15, 0.2) is 5.16 Å². The molecule has 1 N–H and O–H groups in total. The van der Waals surface area contributed by atoms with Gasteiger partial charge in [0, 0.05) is 50.8 Å². The minimum atomic E-state index is -1.35. The van der Waals surface area contributed by atoms with E-state index < -0.39 is 10.8 Å². The van der Waals surface area contributed by atoms with Gasteiger partial charge >= 0.3 is 0 Å². The quantitative estimate of drug-likeness (QED) is 0.553. The van der Waals surface area contributed by atoms with Crippen LogP contribution < -0.4 is 5.32 Å². The zero-order chi connectivity index (χ0) is 21.7. The maximum Gasteiger partial charge on any atom is 0.222 e. The van der Waals surface area contributed by atoms with Crippen LogP contribution in [0.2, 0.25) is 0 Å². The largest absolute Gasteiger partial charge is 0.385 e. The van der Waals surface area contributed by atoms with E-state index in [0.717, 1.165) is 11.3 Å². The van der Waals surface area contributed by atoms with E-state index in [2.05, 4.69) is 15.3 Å². The van der Waals surface area contributed by atoms with Gasteiger partial charge in [0.1, 0.15) is 11.6 Å². The Morgan fingerprint density at radius 2 is 1.97 bits per heavy atom. The number of nitrogens with one attached hydrogen (secondary N) is 1. The Hall–Kier alpha value is -2.91. The van der Waals surface area contributed by atoms with Crippen molar-refractivity contribution in [3.63, 3.8) is 0 Å². The molecule has 158 valence electrons. The Bertz CT molecular complexity index is 1070. The first-order valence-corrected chi connectivity index (χ1v) is 10.9. The molecule has 0 saturated carbocycles. The molecular formula is C21H23FN4O3S. The van der Waals surface area contributed by atoms with Gasteiger partial charge in [0.25, 0.3) is 0 Å². The van der Waals surface area contributed by atoms with E-state index in [1.807, 2.05) is 4.57 Å². The van der Waals surface area contributed by atoms with E-state index in [4.69, 9.17) is 4.74 Å². The topological polar surface area (TPSA) is 86.1 Å². The minimum Gasteiger partial charge on any atom is -0.385 e. The summed E-state index contributed by atoms with van der Waals surface area (Å²) in [6.45, 7) is 2.47. The van der Waals surface area contributed by atoms with E-state index in [1.54, 1.807) is 43.8 Å². The lowest BCUT2D eigenvalue weighted by Crippen LogP contribution is -2.10. The first-order valence-electron chi connectivity index (χ1n) is 9.33. The van der Waals surface area contributed by atoms with Crippen LogP contribution >= 0.6 is 0 Å². The Balaban J connectivity index is 2.22. The number of methoxy groups -OCH3 is 1. The monoisotopic (exact) mass is 430 g/mol. The van der Waals surface area contributed by atoms with Gasteiger partial charge in [0.2, 0.25) is 5.91 Å². The van der Waals surface area contributed by atoms with Gasteiger partial charge in [0.05, 0.1) is 22.2 Å². The lowest BCUT2D eigenvalue weighted by molar-refractivity contribution is -0.114. The second kappa shape index (κ2) is 9.73. The summed E-state index contributed by atoms with van der Waals surface area (Å²) in [5, 5.41) is 3.09. The highest BCUT2D eigenvalue weighted by molar-refractivity contribution is 7.84. The summed E-state index contributed by atoms with van der Waals surface area (Å²) >= 11 is 0. The summed E-state index contributed by atoms with van der Waals surface area (Å²) in [7, 11) is 0.275. The van der Waals surface area contributed by atoms with Gasteiger partial charge in [-0.25, -0.2) is 14.4 Å². The number of anilines is 1. The van der Waals surface area contributed by atoms with Crippen molar-refractivity contribution in [2.75, 3.05) is 25.3 Å². The number of carbonyl (C=O) groups is 1. The predicted octanol–water partition coefficient (Wildman–Crippen LogP) is 3.48. The number of halogens is 1. The fourth-order valence-electron chi connectivity index (χ4n) is 3.15. The van der Waals surface area contributed by atoms with Crippen molar-refractivity contribution in [3.8, 4) is 22.5 Å². The fraction of sp³-hybridized carbons (Fsp3) is 0.286. The molecule has 2 heterocycles. The summed E-state index contributed by atoms with van der Waals surface area (Å²) in [4.78, 5) is 20.3. The van der Waals surface area contributed by atoms with Gasteiger partial charge in [-0.3, -0.25) is 9.00 Å². The molecule has 9 heteroatoms. The van der Waals surface area contributed by atoms with Crippen molar-refractivity contribution in [2.24, 2.45) is 0 Å². The van der Waals surface area contributed by atoms with Crippen molar-refractivity contribution in [1.29, 1.82) is 0 Å². The molecule has 3 rings (SSSR count). The number of benzene rings is 1. The highest BCUT2D eigenvalue weighted by Gasteiger charge is 2.22. The van der Waals surface area contributed by atoms with E-state index in [0.29, 0.717) is 41.8 Å². The molecule has 0 aliphatic rings. The maximum absolute atomic E-state index is 13.5. The van der Waals surface area contributed by atoms with Crippen LogP contribution in [0.4, 0.5) is 10.2 Å². The normalized spacial score (nSPS) is 12.0. The molecule has 30 heavy (non-hydrogen) atoms. The summed E-state index contributed by atoms with van der Waals surface area (Å²) in [5.74, 6) is -0.188. The first-order chi connectivity index (χ1) is 14.4. The number of rotatable bonds is 8. The smallest absolute Gasteiger partial charge is 0.222 e. The third kappa shape index (κ3) is 4.98. The maximum atomic E-state index is 13.5. The molecule has 0 fully saturated rings. The number of imidazole rings is 1. The minimum absolute atomic E-state index is 0.234. The van der Waals surface area contributed by atoms with Gasteiger partial charge < -0.3 is 14.6 Å². The third-order valence-electron chi connectivity index (χ3n) is 4.37. The molecule has 0 aliphatic heterocycles. The van der Waals surface area contributed by atoms with Crippen LogP contribution in [0.1, 0.15) is 13.3 Å². The average Bonchev–Trinajstić information content (AvgIpc) is 3.08. The second-order valence-corrected chi connectivity index (χ2v) is 7.93. The Kier molecular flexibility index (Phi) is 7.07. The zero-order valence-electron chi connectivity index (χ0n) is 17.0. The van der Waals surface area contributed by atoms with Crippen molar-refractivity contribution >= 4 is 22.5 Å². The molecule has 3 aromatic rings. The van der Waals surface area contributed by atoms with Crippen molar-refractivity contribution in [2.45, 2.75) is 25.0 Å². The lowest BCUT2D eigenvalue weighted by Gasteiger charge is -2.13. The number of pyridine rings is 1. The first kappa shape index (κ1) is 21.8. The van der Waals surface area contributed by atoms with Crippen LogP contribution in [0.25, 0.3) is 22.5 Å². The Labute approximate surface area is 176 Å². The fourth-order valence-corrected chi connectivity index (χ4v) is 3.87. The lowest BCUT2D eigenvalue weighted by atomic mass is 10.1. The Morgan fingerprint density at radius 1 is 1.23 bits per heavy atom. The second-order valence-electron chi connectivity index (χ2n) is 6.66. The van der Waals surface area contributed by atoms with Gasteiger partial charge in [-0.1, -0.05) is 0 Å². The van der Waals surface area contributed by atoms with Crippen LogP contribution in [0.15, 0.2) is 47.8 Å². The number of ether oxygens (including phenoxy) is 1. The standard InChI is InChI=1S/C21H23FN4O3S/c1-14(27)24-18-13-16(9-10-23-18)20-19(15-5-7-17(22)8-6-15)25-21(30(3)28)26(20)11-4-12-29-2/h5-10,13H,4,11-12H2,1-3H3,(H,23,24,27). The van der Waals surface area contributed by atoms with Crippen LogP contribution in [0.5, 0.6) is 0 Å². The number of nitrogens with zero attached hydrogens (tertiary/aromatic N) is 3. The molecule has 0 aliphatic carbocycles. The molecule has 0 spiro atoms. The van der Waals surface area contributed by atoms with Crippen molar-refractivity contribution in [3.05, 3.63) is 48.4 Å². The Morgan fingerprint density at radius 3 is 2.60 bits per heavy atom. The molecule has 1 aromatic carbocycles. The molecule has 7 nitrogen and oxygen atoms in total. The molecule has 0 radical (unpaired) electrons. The molecule has 1 amide bonds. The summed E-state index contributed by atoms with van der Waals surface area (Å²) < 4.78 is 33.0. The van der Waals surface area contributed by atoms with E-state index >= 15 is 0 Å². The van der Waals surface area contributed by atoms with Crippen LogP contribution in [0, 0.1) is 5.82 Å². The summed E-state index contributed by atoms with van der Waals surface area (Å²) in [6.07, 6.45) is 3.85. The molecule has 1 atom stereocenters. The number of aromatic nitrogens is 3. The predicted molar refractivity (Wildman–Crippen MR) is 114 cm³/mol. The number of amides is 1. The van der Waals surface area contributed by atoms with E-state index in [-0.39, 0.29) is 11.7 Å². The summed E-state index contributed by atoms with van der Waals surface area (Å²) in [5.41, 5.74) is 2.74. The van der Waals surface area contributed by atoms with Gasteiger partial charge in [-0.2, -0.15) is 0 Å². The molecule has 0 saturated heterocycles. The highest BCUT2D eigenvalue weighted by atomic mass is 32.2. The molecular weight excluding hydrogens is 407 g/mol. The molecule has 1 unspecified atom stereocenters. The van der Waals surface area contributed by atoms with Crippen molar-refractivity contribution in [1.82, 2.24) is 14.5 Å². The van der Waals surface area contributed by atoms with E-state index in [1.165, 1.54) is 19.1 Å². The zero-order valence-corrected chi connectivity index (χ0v) is 17.8. The number of hydrogen-bond donors (Lipinski definition) is 1. The van der Waals surface area contributed by atoms with Crippen LogP contribution in [0.3, 0.4) is 0 Å². The van der Waals surface area contributed by atoms with Crippen molar-refractivity contribution < 1.29 is 18.1 Å². The highest BCUT2D eigenvalue weighted by Crippen LogP contribution is 2.35. The molecule has 2 aromatic heterocycles. The average molecular weight is 431 g/mol. The number of hydrogen-bond acceptors (Lipinski definition) is 5. The van der Waals surface area contributed by atoms with Gasteiger partial charge in [-0.05, 0) is 42.8 Å².